The Morgan fingerprint density at radius 1 is 1.08 bits per heavy atom. The molecule has 10 heteroatoms. The third kappa shape index (κ3) is 4.82. The first-order chi connectivity index (χ1) is 18.0. The Kier molecular flexibility index (Phi) is 7.26. The van der Waals surface area contributed by atoms with Crippen LogP contribution in [0.4, 0.5) is 26.3 Å². The Labute approximate surface area is 217 Å². The van der Waals surface area contributed by atoms with Crippen molar-refractivity contribution in [3.8, 4) is 0 Å². The molecule has 3 unspecified atom stereocenters. The Hall–Kier alpha value is -2.56. The van der Waals surface area contributed by atoms with Gasteiger partial charge in [-0.3, -0.25) is 14.2 Å². The SMILES string of the molecule is CC1CN(CCCF)C(c2cc(F)c([C@H]3c4[nH]c5ccccc5c4C[C@@H](C)N3CC(F)(F)F)c(F)c2)C1N. The van der Waals surface area contributed by atoms with Crippen molar-refractivity contribution in [2.24, 2.45) is 11.7 Å². The molecule has 3 N–H and O–H groups in total. The normalized spacial score (nSPS) is 26.8. The molecule has 1 fully saturated rings. The van der Waals surface area contributed by atoms with Crippen LogP contribution in [0.3, 0.4) is 0 Å². The predicted molar refractivity (Wildman–Crippen MR) is 134 cm³/mol. The van der Waals surface area contributed by atoms with Gasteiger partial charge in [-0.15, -0.1) is 0 Å². The van der Waals surface area contributed by atoms with Crippen LogP contribution in [0.2, 0.25) is 0 Å². The van der Waals surface area contributed by atoms with Gasteiger partial charge in [0, 0.05) is 47.3 Å². The number of para-hydroxylation sites is 1. The zero-order valence-corrected chi connectivity index (χ0v) is 21.3. The summed E-state index contributed by atoms with van der Waals surface area (Å²) in [5.74, 6) is -1.82. The number of hydrogen-bond acceptors (Lipinski definition) is 3. The monoisotopic (exact) mass is 538 g/mol. The van der Waals surface area contributed by atoms with E-state index < -0.39 is 60.8 Å². The second-order valence-electron chi connectivity index (χ2n) is 10.7. The third-order valence-corrected chi connectivity index (χ3v) is 8.11. The van der Waals surface area contributed by atoms with Crippen LogP contribution >= 0.6 is 0 Å². The quantitative estimate of drug-likeness (QED) is 0.377. The highest BCUT2D eigenvalue weighted by molar-refractivity contribution is 5.85. The number of likely N-dealkylation sites (tertiary alicyclic amines) is 1. The lowest BCUT2D eigenvalue weighted by atomic mass is 9.86. The van der Waals surface area contributed by atoms with Gasteiger partial charge in [-0.05, 0) is 55.0 Å². The van der Waals surface area contributed by atoms with Gasteiger partial charge in [0.25, 0.3) is 0 Å². The number of nitrogens with zero attached hydrogens (tertiary/aromatic N) is 2. The number of nitrogens with one attached hydrogen (secondary N) is 1. The van der Waals surface area contributed by atoms with Crippen molar-refractivity contribution in [3.63, 3.8) is 0 Å². The summed E-state index contributed by atoms with van der Waals surface area (Å²) >= 11 is 0. The van der Waals surface area contributed by atoms with Crippen molar-refractivity contribution in [1.29, 1.82) is 0 Å². The van der Waals surface area contributed by atoms with Gasteiger partial charge in [-0.2, -0.15) is 13.2 Å². The van der Waals surface area contributed by atoms with E-state index in [9.17, 15) is 17.6 Å². The molecule has 2 aliphatic rings. The molecule has 1 saturated heterocycles. The predicted octanol–water partition coefficient (Wildman–Crippen LogP) is 6.02. The molecular formula is C28H32F6N4. The molecule has 0 radical (unpaired) electrons. The molecule has 4 nitrogen and oxygen atoms in total. The summed E-state index contributed by atoms with van der Waals surface area (Å²) in [6.07, 6.45) is -3.98. The Balaban J connectivity index is 1.63. The van der Waals surface area contributed by atoms with Crippen molar-refractivity contribution >= 4 is 10.9 Å². The van der Waals surface area contributed by atoms with Crippen LogP contribution in [-0.2, 0) is 6.42 Å². The summed E-state index contributed by atoms with van der Waals surface area (Å²) in [4.78, 5) is 6.21. The molecule has 2 aromatic carbocycles. The number of rotatable bonds is 6. The number of halogens is 6. The highest BCUT2D eigenvalue weighted by Gasteiger charge is 2.44. The molecule has 5 atom stereocenters. The first-order valence-corrected chi connectivity index (χ1v) is 13.0. The first-order valence-electron chi connectivity index (χ1n) is 13.0. The molecule has 0 aliphatic carbocycles. The molecule has 0 bridgehead atoms. The summed E-state index contributed by atoms with van der Waals surface area (Å²) < 4.78 is 85.9. The van der Waals surface area contributed by atoms with Crippen molar-refractivity contribution < 1.29 is 26.3 Å². The first kappa shape index (κ1) is 27.0. The van der Waals surface area contributed by atoms with Gasteiger partial charge in [0.05, 0.1) is 25.3 Å². The Bertz CT molecular complexity index is 1280. The van der Waals surface area contributed by atoms with Crippen LogP contribution in [0.5, 0.6) is 0 Å². The molecule has 3 heterocycles. The number of aromatic nitrogens is 1. The molecule has 206 valence electrons. The van der Waals surface area contributed by atoms with Crippen LogP contribution in [-0.4, -0.2) is 59.4 Å². The van der Waals surface area contributed by atoms with Gasteiger partial charge in [-0.25, -0.2) is 8.78 Å². The average Bonchev–Trinajstić information content (AvgIpc) is 3.34. The zero-order chi connectivity index (χ0) is 27.4. The van der Waals surface area contributed by atoms with Crippen molar-refractivity contribution in [2.75, 3.05) is 26.3 Å². The van der Waals surface area contributed by atoms with Gasteiger partial charge in [-0.1, -0.05) is 25.1 Å². The maximum absolute atomic E-state index is 16.0. The minimum Gasteiger partial charge on any atom is -0.357 e. The molecule has 38 heavy (non-hydrogen) atoms. The van der Waals surface area contributed by atoms with Crippen LogP contribution in [0, 0.1) is 17.6 Å². The van der Waals surface area contributed by atoms with Crippen molar-refractivity contribution in [2.45, 2.75) is 57.0 Å². The highest BCUT2D eigenvalue weighted by Crippen LogP contribution is 2.44. The summed E-state index contributed by atoms with van der Waals surface area (Å²) in [6, 6.07) is 6.81. The molecular weight excluding hydrogens is 506 g/mol. The number of aromatic amines is 1. The zero-order valence-electron chi connectivity index (χ0n) is 21.3. The summed E-state index contributed by atoms with van der Waals surface area (Å²) in [5, 5.41) is 0.831. The van der Waals surface area contributed by atoms with E-state index in [1.165, 1.54) is 12.1 Å². The largest absolute Gasteiger partial charge is 0.401 e. The second-order valence-corrected chi connectivity index (χ2v) is 10.7. The van der Waals surface area contributed by atoms with Crippen LogP contribution in [0.15, 0.2) is 36.4 Å². The van der Waals surface area contributed by atoms with Crippen molar-refractivity contribution in [3.05, 3.63) is 70.4 Å². The molecule has 3 aromatic rings. The van der Waals surface area contributed by atoms with E-state index in [0.29, 0.717) is 36.3 Å². The number of nitrogens with two attached hydrogens (primary N) is 1. The van der Waals surface area contributed by atoms with Gasteiger partial charge in [0.1, 0.15) is 11.6 Å². The Morgan fingerprint density at radius 3 is 2.42 bits per heavy atom. The van der Waals surface area contributed by atoms with Gasteiger partial charge in [0.2, 0.25) is 0 Å². The van der Waals surface area contributed by atoms with Gasteiger partial charge >= 0.3 is 6.18 Å². The van der Waals surface area contributed by atoms with E-state index in [-0.39, 0.29) is 12.3 Å². The molecule has 0 spiro atoms. The van der Waals surface area contributed by atoms with E-state index >= 15 is 8.78 Å². The standard InChI is InChI=1S/C28H32F6N4/c1-15-13-37(9-5-8-29)26(24(15)35)17-11-20(30)23(21(31)12-17)27-25-19(18-6-3-4-7-22(18)36-25)10-16(2)38(27)14-28(32,33)34/h3-4,6-7,11-12,15-16,24,26-27,36H,5,8-10,13-14,35H2,1-2H3/t15?,16-,24?,26?,27+/m1/s1. The number of fused-ring (bicyclic) bond motifs is 3. The number of hydrogen-bond donors (Lipinski definition) is 2. The third-order valence-electron chi connectivity index (χ3n) is 8.11. The average molecular weight is 539 g/mol. The maximum atomic E-state index is 16.0. The van der Waals surface area contributed by atoms with Crippen LogP contribution in [0.1, 0.15) is 54.7 Å². The topological polar surface area (TPSA) is 48.3 Å². The van der Waals surface area contributed by atoms with E-state index in [1.807, 2.05) is 24.0 Å². The lowest BCUT2D eigenvalue weighted by Gasteiger charge is -2.41. The van der Waals surface area contributed by atoms with E-state index in [2.05, 4.69) is 4.98 Å². The molecule has 2 aliphatic heterocycles. The fraction of sp³-hybridized carbons (Fsp3) is 0.500. The Morgan fingerprint density at radius 2 is 1.76 bits per heavy atom. The minimum absolute atomic E-state index is 0.0285. The van der Waals surface area contributed by atoms with Crippen LogP contribution < -0.4 is 5.73 Å². The molecule has 1 aromatic heterocycles. The fourth-order valence-corrected chi connectivity index (χ4v) is 6.39. The van der Waals surface area contributed by atoms with E-state index in [0.717, 1.165) is 15.8 Å². The summed E-state index contributed by atoms with van der Waals surface area (Å²) in [5.41, 5.74) is 8.12. The molecule has 5 rings (SSSR count). The van der Waals surface area contributed by atoms with E-state index in [4.69, 9.17) is 5.73 Å². The number of H-pyrrole nitrogens is 1. The van der Waals surface area contributed by atoms with Crippen LogP contribution in [0.25, 0.3) is 10.9 Å². The van der Waals surface area contributed by atoms with Gasteiger partial charge in [0.15, 0.2) is 0 Å². The lowest BCUT2D eigenvalue weighted by Crippen LogP contribution is -2.47. The fourth-order valence-electron chi connectivity index (χ4n) is 6.39. The number of alkyl halides is 4. The number of benzene rings is 2. The molecule has 0 saturated carbocycles. The van der Waals surface area contributed by atoms with Crippen molar-refractivity contribution in [1.82, 2.24) is 14.8 Å². The van der Waals surface area contributed by atoms with Gasteiger partial charge < -0.3 is 10.7 Å². The second kappa shape index (κ2) is 10.2. The minimum atomic E-state index is -4.56. The summed E-state index contributed by atoms with van der Waals surface area (Å²) in [6.45, 7) is 2.71. The maximum Gasteiger partial charge on any atom is 0.401 e. The molecule has 0 amide bonds. The lowest BCUT2D eigenvalue weighted by molar-refractivity contribution is -0.155. The van der Waals surface area contributed by atoms with E-state index in [1.54, 1.807) is 19.1 Å². The smallest absolute Gasteiger partial charge is 0.357 e. The highest BCUT2D eigenvalue weighted by atomic mass is 19.4. The summed E-state index contributed by atoms with van der Waals surface area (Å²) in [7, 11) is 0.